The van der Waals surface area contributed by atoms with Gasteiger partial charge in [0.15, 0.2) is 0 Å². The molecule has 0 aliphatic carbocycles. The molecular formula is C14H22N4. The number of hydrogen-bond acceptors (Lipinski definition) is 4. The van der Waals surface area contributed by atoms with Crippen molar-refractivity contribution in [3.63, 3.8) is 0 Å². The van der Waals surface area contributed by atoms with Gasteiger partial charge in [-0.05, 0) is 6.42 Å². The maximum Gasteiger partial charge on any atom is 0.148 e. The lowest BCUT2D eigenvalue weighted by molar-refractivity contribution is 0.579. The summed E-state index contributed by atoms with van der Waals surface area (Å²) in [4.78, 5) is 10.9. The lowest BCUT2D eigenvalue weighted by Crippen LogP contribution is -2.27. The Labute approximate surface area is 110 Å². The Morgan fingerprint density at radius 2 is 2.22 bits per heavy atom. The summed E-state index contributed by atoms with van der Waals surface area (Å²) in [7, 11) is 0. The molecule has 1 rings (SSSR count). The largest absolute Gasteiger partial charge is 0.344 e. The van der Waals surface area contributed by atoms with Gasteiger partial charge < -0.3 is 10.2 Å². The summed E-state index contributed by atoms with van der Waals surface area (Å²) in [6, 6.07) is 0.438. The van der Waals surface area contributed by atoms with Crippen LogP contribution in [0.1, 0.15) is 32.9 Å². The van der Waals surface area contributed by atoms with Crippen LogP contribution in [-0.4, -0.2) is 29.1 Å². The van der Waals surface area contributed by atoms with E-state index in [0.29, 0.717) is 12.6 Å². The standard InChI is InChI=1S/C14H22N4/c1-5-7-18(8-6-2)14-11-15-9-13(17-14)10-16-12(3)4/h1,9,11-12,16H,6-8,10H2,2-4H3. The second kappa shape index (κ2) is 7.67. The van der Waals surface area contributed by atoms with Gasteiger partial charge in [0, 0.05) is 25.3 Å². The van der Waals surface area contributed by atoms with E-state index in [0.717, 1.165) is 31.0 Å². The van der Waals surface area contributed by atoms with Crippen LogP contribution in [0.3, 0.4) is 0 Å². The van der Waals surface area contributed by atoms with Crippen LogP contribution in [-0.2, 0) is 6.54 Å². The van der Waals surface area contributed by atoms with Crippen molar-refractivity contribution in [2.75, 3.05) is 18.0 Å². The predicted octanol–water partition coefficient (Wildman–Crippen LogP) is 1.82. The second-order valence-electron chi connectivity index (χ2n) is 4.53. The number of anilines is 1. The third-order valence-corrected chi connectivity index (χ3v) is 2.46. The molecule has 0 aliphatic heterocycles. The summed E-state index contributed by atoms with van der Waals surface area (Å²) in [5.41, 5.74) is 0.944. The third-order valence-electron chi connectivity index (χ3n) is 2.46. The van der Waals surface area contributed by atoms with Crippen molar-refractivity contribution in [1.82, 2.24) is 15.3 Å². The Bertz CT molecular complexity index is 395. The molecule has 0 saturated heterocycles. The molecule has 18 heavy (non-hydrogen) atoms. The Morgan fingerprint density at radius 3 is 2.83 bits per heavy atom. The van der Waals surface area contributed by atoms with Crippen molar-refractivity contribution >= 4 is 5.82 Å². The van der Waals surface area contributed by atoms with Gasteiger partial charge in [0.1, 0.15) is 5.82 Å². The molecule has 0 radical (unpaired) electrons. The van der Waals surface area contributed by atoms with Gasteiger partial charge in [-0.2, -0.15) is 0 Å². The van der Waals surface area contributed by atoms with Gasteiger partial charge >= 0.3 is 0 Å². The van der Waals surface area contributed by atoms with E-state index in [1.807, 2.05) is 0 Å². The Balaban J connectivity index is 2.75. The van der Waals surface area contributed by atoms with Crippen LogP contribution < -0.4 is 10.2 Å². The van der Waals surface area contributed by atoms with E-state index in [-0.39, 0.29) is 0 Å². The normalized spacial score (nSPS) is 10.4. The molecule has 0 fully saturated rings. The highest BCUT2D eigenvalue weighted by molar-refractivity contribution is 5.38. The van der Waals surface area contributed by atoms with Gasteiger partial charge in [0.05, 0.1) is 18.4 Å². The fraction of sp³-hybridized carbons (Fsp3) is 0.571. The van der Waals surface area contributed by atoms with Gasteiger partial charge in [0.25, 0.3) is 0 Å². The molecule has 4 nitrogen and oxygen atoms in total. The summed E-state index contributed by atoms with van der Waals surface area (Å²) in [5, 5.41) is 3.33. The average molecular weight is 246 g/mol. The predicted molar refractivity (Wildman–Crippen MR) is 75.3 cm³/mol. The number of nitrogens with one attached hydrogen (secondary N) is 1. The number of terminal acetylenes is 1. The molecule has 0 spiro atoms. The minimum absolute atomic E-state index is 0.438. The van der Waals surface area contributed by atoms with Crippen LogP contribution in [0, 0.1) is 12.3 Å². The van der Waals surface area contributed by atoms with Crippen molar-refractivity contribution in [2.45, 2.75) is 39.8 Å². The number of aromatic nitrogens is 2. The fourth-order valence-electron chi connectivity index (χ4n) is 1.60. The molecule has 1 heterocycles. The fourth-order valence-corrected chi connectivity index (χ4v) is 1.60. The van der Waals surface area contributed by atoms with E-state index in [1.54, 1.807) is 12.4 Å². The minimum Gasteiger partial charge on any atom is -0.344 e. The topological polar surface area (TPSA) is 41.1 Å². The average Bonchev–Trinajstić information content (AvgIpc) is 2.36. The molecule has 0 atom stereocenters. The molecule has 98 valence electrons. The van der Waals surface area contributed by atoms with Crippen LogP contribution in [0.5, 0.6) is 0 Å². The summed E-state index contributed by atoms with van der Waals surface area (Å²) < 4.78 is 0. The van der Waals surface area contributed by atoms with E-state index in [2.05, 4.69) is 46.9 Å². The molecule has 1 aromatic rings. The monoisotopic (exact) mass is 246 g/mol. The maximum atomic E-state index is 5.38. The van der Waals surface area contributed by atoms with Crippen LogP contribution in [0.15, 0.2) is 12.4 Å². The summed E-state index contributed by atoms with van der Waals surface area (Å²) in [6.07, 6.45) is 9.98. The summed E-state index contributed by atoms with van der Waals surface area (Å²) >= 11 is 0. The molecule has 0 aliphatic rings. The lowest BCUT2D eigenvalue weighted by Gasteiger charge is -2.20. The van der Waals surface area contributed by atoms with Crippen LogP contribution in [0.4, 0.5) is 5.82 Å². The zero-order valence-corrected chi connectivity index (χ0v) is 11.5. The van der Waals surface area contributed by atoms with Crippen molar-refractivity contribution in [2.24, 2.45) is 0 Å². The molecular weight excluding hydrogens is 224 g/mol. The molecule has 0 unspecified atom stereocenters. The quantitative estimate of drug-likeness (QED) is 0.745. The van der Waals surface area contributed by atoms with Crippen molar-refractivity contribution in [1.29, 1.82) is 0 Å². The first-order valence-electron chi connectivity index (χ1n) is 6.40. The first-order chi connectivity index (χ1) is 8.67. The highest BCUT2D eigenvalue weighted by Gasteiger charge is 2.07. The minimum atomic E-state index is 0.438. The van der Waals surface area contributed by atoms with Crippen molar-refractivity contribution in [3.05, 3.63) is 18.1 Å². The Morgan fingerprint density at radius 1 is 1.44 bits per heavy atom. The maximum absolute atomic E-state index is 5.38. The van der Waals surface area contributed by atoms with Gasteiger partial charge in [-0.1, -0.05) is 26.7 Å². The molecule has 4 heteroatoms. The summed E-state index contributed by atoms with van der Waals surface area (Å²) in [6.45, 7) is 8.55. The van der Waals surface area contributed by atoms with Gasteiger partial charge in [-0.25, -0.2) is 4.98 Å². The van der Waals surface area contributed by atoms with E-state index >= 15 is 0 Å². The molecule has 1 aromatic heterocycles. The van der Waals surface area contributed by atoms with Gasteiger partial charge in [-0.3, -0.25) is 4.98 Å². The van der Waals surface area contributed by atoms with Crippen molar-refractivity contribution in [3.8, 4) is 12.3 Å². The number of hydrogen-bond donors (Lipinski definition) is 1. The third kappa shape index (κ3) is 4.72. The van der Waals surface area contributed by atoms with E-state index in [4.69, 9.17) is 6.42 Å². The molecule has 1 N–H and O–H groups in total. The highest BCUT2D eigenvalue weighted by Crippen LogP contribution is 2.10. The van der Waals surface area contributed by atoms with Crippen LogP contribution in [0.2, 0.25) is 0 Å². The van der Waals surface area contributed by atoms with Gasteiger partial charge in [-0.15, -0.1) is 6.42 Å². The van der Waals surface area contributed by atoms with Gasteiger partial charge in [0.2, 0.25) is 0 Å². The molecule has 0 bridgehead atoms. The smallest absolute Gasteiger partial charge is 0.148 e. The van der Waals surface area contributed by atoms with Crippen LogP contribution in [0.25, 0.3) is 0 Å². The number of rotatable bonds is 7. The number of nitrogens with zero attached hydrogens (tertiary/aromatic N) is 3. The van der Waals surface area contributed by atoms with E-state index in [9.17, 15) is 0 Å². The highest BCUT2D eigenvalue weighted by atomic mass is 15.2. The first-order valence-corrected chi connectivity index (χ1v) is 6.40. The zero-order chi connectivity index (χ0) is 13.4. The SMILES string of the molecule is C#CCN(CCC)c1cncc(CNC(C)C)n1. The molecule has 0 amide bonds. The van der Waals surface area contributed by atoms with Crippen molar-refractivity contribution < 1.29 is 0 Å². The second-order valence-corrected chi connectivity index (χ2v) is 4.53. The molecule has 0 aromatic carbocycles. The molecule has 0 saturated carbocycles. The van der Waals surface area contributed by atoms with Crippen LogP contribution >= 0.6 is 0 Å². The summed E-state index contributed by atoms with van der Waals surface area (Å²) in [5.74, 6) is 3.52. The van der Waals surface area contributed by atoms with E-state index in [1.165, 1.54) is 0 Å². The Hall–Kier alpha value is -1.60. The van der Waals surface area contributed by atoms with E-state index < -0.39 is 0 Å². The lowest BCUT2D eigenvalue weighted by atomic mass is 10.3. The Kier molecular flexibility index (Phi) is 6.16. The zero-order valence-electron chi connectivity index (χ0n) is 11.5. The first kappa shape index (κ1) is 14.5.